The average Bonchev–Trinajstić information content (AvgIpc) is 2.96. The molecule has 0 saturated heterocycles. The monoisotopic (exact) mass is 344 g/mol. The van der Waals surface area contributed by atoms with Crippen molar-refractivity contribution < 1.29 is 14.4 Å². The van der Waals surface area contributed by atoms with E-state index in [2.05, 4.69) is 15.6 Å². The molecule has 7 nitrogen and oxygen atoms in total. The summed E-state index contributed by atoms with van der Waals surface area (Å²) in [5, 5.41) is 7.75. The Morgan fingerprint density at radius 2 is 2.12 bits per heavy atom. The van der Waals surface area contributed by atoms with Gasteiger partial charge >= 0.3 is 0 Å². The number of hydrogen-bond donors (Lipinski definition) is 2. The van der Waals surface area contributed by atoms with Crippen LogP contribution in [0.15, 0.2) is 29.6 Å². The molecule has 2 N–H and O–H groups in total. The lowest BCUT2D eigenvalue weighted by Crippen LogP contribution is -2.42. The van der Waals surface area contributed by atoms with Crippen LogP contribution >= 0.6 is 11.3 Å². The summed E-state index contributed by atoms with van der Waals surface area (Å²) in [6.45, 7) is 1.80. The third-order valence-electron chi connectivity index (χ3n) is 3.50. The number of aromatic nitrogens is 1. The fourth-order valence-electron chi connectivity index (χ4n) is 2.40. The highest BCUT2D eigenvalue weighted by Gasteiger charge is 2.26. The van der Waals surface area contributed by atoms with Gasteiger partial charge in [0.15, 0.2) is 5.13 Å². The predicted octanol–water partition coefficient (Wildman–Crippen LogP) is 2.16. The summed E-state index contributed by atoms with van der Waals surface area (Å²) in [7, 11) is 0. The summed E-state index contributed by atoms with van der Waals surface area (Å²) in [5.74, 6) is -0.778. The number of benzene rings is 1. The molecule has 0 spiro atoms. The molecule has 1 aromatic carbocycles. The Kier molecular flexibility index (Phi) is 4.57. The van der Waals surface area contributed by atoms with E-state index in [-0.39, 0.29) is 37.1 Å². The zero-order chi connectivity index (χ0) is 17.1. The van der Waals surface area contributed by atoms with Crippen LogP contribution in [0, 0.1) is 6.92 Å². The molecule has 2 heterocycles. The first-order chi connectivity index (χ1) is 11.5. The Balaban J connectivity index is 1.61. The van der Waals surface area contributed by atoms with Gasteiger partial charge in [0, 0.05) is 18.2 Å². The van der Waals surface area contributed by atoms with E-state index in [0.717, 1.165) is 5.69 Å². The SMILES string of the molecule is Cc1csc(NC(=O)CCC(=O)N2CC(=O)Nc3ccccc32)n1. The maximum absolute atomic E-state index is 12.4. The lowest BCUT2D eigenvalue weighted by molar-refractivity contribution is -0.124. The molecule has 0 unspecified atom stereocenters. The normalized spacial score (nSPS) is 13.2. The molecule has 1 aliphatic heterocycles. The quantitative estimate of drug-likeness (QED) is 0.889. The van der Waals surface area contributed by atoms with Crippen molar-refractivity contribution in [3.05, 3.63) is 35.3 Å². The highest BCUT2D eigenvalue weighted by Crippen LogP contribution is 2.29. The third-order valence-corrected chi connectivity index (χ3v) is 4.38. The predicted molar refractivity (Wildman–Crippen MR) is 92.1 cm³/mol. The molecular formula is C16H16N4O3S. The summed E-state index contributed by atoms with van der Waals surface area (Å²) in [5.41, 5.74) is 2.09. The number of fused-ring (bicyclic) bond motifs is 1. The van der Waals surface area contributed by atoms with Crippen LogP contribution in [0.4, 0.5) is 16.5 Å². The molecule has 0 radical (unpaired) electrons. The van der Waals surface area contributed by atoms with E-state index in [4.69, 9.17) is 0 Å². The van der Waals surface area contributed by atoms with Crippen LogP contribution in [0.3, 0.4) is 0 Å². The van der Waals surface area contributed by atoms with Crippen molar-refractivity contribution in [2.75, 3.05) is 22.1 Å². The van der Waals surface area contributed by atoms with Crippen molar-refractivity contribution in [2.24, 2.45) is 0 Å². The number of anilines is 3. The van der Waals surface area contributed by atoms with Gasteiger partial charge in [0.1, 0.15) is 6.54 Å². The molecule has 2 aromatic rings. The van der Waals surface area contributed by atoms with Gasteiger partial charge in [-0.05, 0) is 19.1 Å². The van der Waals surface area contributed by atoms with Crippen molar-refractivity contribution in [1.29, 1.82) is 0 Å². The molecule has 0 atom stereocenters. The standard InChI is InChI=1S/C16H16N4O3S/c1-10-9-24-16(17-10)19-13(21)6-7-15(23)20-8-14(22)18-11-4-2-3-5-12(11)20/h2-5,9H,6-8H2,1H3,(H,18,22)(H,17,19,21). The van der Waals surface area contributed by atoms with Gasteiger partial charge < -0.3 is 15.5 Å². The molecule has 0 bridgehead atoms. The molecule has 3 rings (SSSR count). The number of para-hydroxylation sites is 2. The van der Waals surface area contributed by atoms with Crippen molar-refractivity contribution in [1.82, 2.24) is 4.98 Å². The highest BCUT2D eigenvalue weighted by molar-refractivity contribution is 7.13. The molecule has 24 heavy (non-hydrogen) atoms. The summed E-state index contributed by atoms with van der Waals surface area (Å²) in [6.07, 6.45) is 0.0650. The van der Waals surface area contributed by atoms with Gasteiger partial charge in [-0.3, -0.25) is 14.4 Å². The maximum atomic E-state index is 12.4. The number of nitrogens with one attached hydrogen (secondary N) is 2. The van der Waals surface area contributed by atoms with E-state index in [1.54, 1.807) is 24.3 Å². The first kappa shape index (κ1) is 16.1. The van der Waals surface area contributed by atoms with Crippen LogP contribution in [-0.4, -0.2) is 29.3 Å². The number of hydrogen-bond acceptors (Lipinski definition) is 5. The number of carbonyl (C=O) groups is 3. The van der Waals surface area contributed by atoms with E-state index >= 15 is 0 Å². The third kappa shape index (κ3) is 3.60. The van der Waals surface area contributed by atoms with Gasteiger partial charge in [-0.25, -0.2) is 4.98 Å². The second kappa shape index (κ2) is 6.79. The zero-order valence-electron chi connectivity index (χ0n) is 13.0. The Morgan fingerprint density at radius 3 is 2.88 bits per heavy atom. The average molecular weight is 344 g/mol. The first-order valence-corrected chi connectivity index (χ1v) is 8.32. The Bertz CT molecular complexity index is 802. The van der Waals surface area contributed by atoms with Crippen molar-refractivity contribution in [2.45, 2.75) is 19.8 Å². The zero-order valence-corrected chi connectivity index (χ0v) is 13.9. The molecule has 0 saturated carbocycles. The summed E-state index contributed by atoms with van der Waals surface area (Å²) in [6, 6.07) is 7.10. The van der Waals surface area contributed by atoms with E-state index in [0.29, 0.717) is 16.5 Å². The van der Waals surface area contributed by atoms with Crippen LogP contribution in [0.1, 0.15) is 18.5 Å². The molecule has 8 heteroatoms. The molecule has 0 aliphatic carbocycles. The molecule has 3 amide bonds. The number of aryl methyl sites for hydroxylation is 1. The number of nitrogens with zero attached hydrogens (tertiary/aromatic N) is 2. The van der Waals surface area contributed by atoms with Crippen LogP contribution in [0.25, 0.3) is 0 Å². The Labute approximate surface area is 142 Å². The fraction of sp³-hybridized carbons (Fsp3) is 0.250. The van der Waals surface area contributed by atoms with Crippen LogP contribution in [0.5, 0.6) is 0 Å². The maximum Gasteiger partial charge on any atom is 0.244 e. The van der Waals surface area contributed by atoms with Gasteiger partial charge in [0.05, 0.1) is 17.1 Å². The molecule has 124 valence electrons. The highest BCUT2D eigenvalue weighted by atomic mass is 32.1. The van der Waals surface area contributed by atoms with Gasteiger partial charge in [0.25, 0.3) is 0 Å². The smallest absolute Gasteiger partial charge is 0.244 e. The Morgan fingerprint density at radius 1 is 1.33 bits per heavy atom. The molecule has 1 aliphatic rings. The number of amides is 3. The van der Waals surface area contributed by atoms with Crippen molar-refractivity contribution in [3.63, 3.8) is 0 Å². The summed E-state index contributed by atoms with van der Waals surface area (Å²) in [4.78, 5) is 41.6. The molecule has 0 fully saturated rings. The molecule has 1 aromatic heterocycles. The topological polar surface area (TPSA) is 91.4 Å². The number of rotatable bonds is 4. The molecular weight excluding hydrogens is 328 g/mol. The second-order valence-electron chi connectivity index (χ2n) is 5.39. The van der Waals surface area contributed by atoms with Gasteiger partial charge in [-0.2, -0.15) is 0 Å². The lowest BCUT2D eigenvalue weighted by atomic mass is 10.1. The summed E-state index contributed by atoms with van der Waals surface area (Å²) >= 11 is 1.34. The van der Waals surface area contributed by atoms with Gasteiger partial charge in [-0.1, -0.05) is 12.1 Å². The van der Waals surface area contributed by atoms with Crippen LogP contribution < -0.4 is 15.5 Å². The van der Waals surface area contributed by atoms with Crippen LogP contribution in [-0.2, 0) is 14.4 Å². The van der Waals surface area contributed by atoms with Crippen LogP contribution in [0.2, 0.25) is 0 Å². The van der Waals surface area contributed by atoms with Gasteiger partial charge in [0.2, 0.25) is 17.7 Å². The summed E-state index contributed by atoms with van der Waals surface area (Å²) < 4.78 is 0. The van der Waals surface area contributed by atoms with Crippen molar-refractivity contribution in [3.8, 4) is 0 Å². The fourth-order valence-corrected chi connectivity index (χ4v) is 3.11. The number of carbonyl (C=O) groups excluding carboxylic acids is 3. The minimum absolute atomic E-state index is 0.0256. The minimum Gasteiger partial charge on any atom is -0.323 e. The largest absolute Gasteiger partial charge is 0.323 e. The van der Waals surface area contributed by atoms with E-state index in [9.17, 15) is 14.4 Å². The van der Waals surface area contributed by atoms with E-state index < -0.39 is 0 Å². The second-order valence-corrected chi connectivity index (χ2v) is 6.25. The van der Waals surface area contributed by atoms with E-state index in [1.165, 1.54) is 16.2 Å². The van der Waals surface area contributed by atoms with E-state index in [1.807, 2.05) is 12.3 Å². The first-order valence-electron chi connectivity index (χ1n) is 7.44. The minimum atomic E-state index is -0.271. The Hall–Kier alpha value is -2.74. The van der Waals surface area contributed by atoms with Gasteiger partial charge in [-0.15, -0.1) is 11.3 Å². The van der Waals surface area contributed by atoms with Crippen molar-refractivity contribution >= 4 is 45.6 Å². The number of thiazole rings is 1. The lowest BCUT2D eigenvalue weighted by Gasteiger charge is -2.29.